The van der Waals surface area contributed by atoms with Crippen LogP contribution in [-0.2, 0) is 4.79 Å². The van der Waals surface area contributed by atoms with Crippen molar-refractivity contribution in [3.05, 3.63) is 24.3 Å². The Balaban J connectivity index is 2.66. The van der Waals surface area contributed by atoms with Crippen LogP contribution in [0.15, 0.2) is 24.3 Å². The third kappa shape index (κ3) is 4.47. The van der Waals surface area contributed by atoms with Gasteiger partial charge in [0.2, 0.25) is 0 Å². The number of carbonyl (C=O) groups excluding carboxylic acids is 1. The minimum atomic E-state index is -1.32. The number of aliphatic hydroxyl groups is 1. The maximum atomic E-state index is 11.6. The first-order valence-corrected chi connectivity index (χ1v) is 5.62. The summed E-state index contributed by atoms with van der Waals surface area (Å²) in [6.45, 7) is -0.666. The van der Waals surface area contributed by atoms with Gasteiger partial charge in [-0.1, -0.05) is 6.07 Å². The Morgan fingerprint density at radius 3 is 2.58 bits per heavy atom. The number of rotatable bonds is 5. The van der Waals surface area contributed by atoms with Gasteiger partial charge in [0.25, 0.3) is 0 Å². The number of hydrogen-bond acceptors (Lipinski definition) is 4. The molecule has 0 spiro atoms. The highest BCUT2D eigenvalue weighted by molar-refractivity contribution is 5.92. The Morgan fingerprint density at radius 2 is 2.05 bits per heavy atom. The molecular weight excluding hydrogens is 250 g/mol. The van der Waals surface area contributed by atoms with E-state index >= 15 is 0 Å². The second-order valence-electron chi connectivity index (χ2n) is 4.12. The second kappa shape index (κ2) is 6.60. The number of aliphatic hydroxyl groups excluding tert-OH is 1. The number of hydrogen-bond donors (Lipinski definition) is 4. The van der Waals surface area contributed by atoms with Gasteiger partial charge >= 0.3 is 12.0 Å². The molecular formula is C12H17N3O4. The van der Waals surface area contributed by atoms with Crippen LogP contribution in [0.5, 0.6) is 0 Å². The minimum Gasteiger partial charge on any atom is -0.480 e. The lowest BCUT2D eigenvalue weighted by molar-refractivity contribution is -0.140. The van der Waals surface area contributed by atoms with Crippen molar-refractivity contribution in [3.63, 3.8) is 0 Å². The lowest BCUT2D eigenvalue weighted by Crippen LogP contribution is -2.45. The van der Waals surface area contributed by atoms with Crippen molar-refractivity contribution in [3.8, 4) is 0 Å². The second-order valence-corrected chi connectivity index (χ2v) is 4.12. The molecule has 0 aromatic heterocycles. The molecule has 104 valence electrons. The van der Waals surface area contributed by atoms with Gasteiger partial charge in [-0.05, 0) is 18.2 Å². The lowest BCUT2D eigenvalue weighted by Gasteiger charge is -2.15. The molecule has 0 unspecified atom stereocenters. The summed E-state index contributed by atoms with van der Waals surface area (Å²) in [6, 6.07) is 5.06. The largest absolute Gasteiger partial charge is 0.480 e. The number of aliphatic carboxylic acids is 1. The van der Waals surface area contributed by atoms with Gasteiger partial charge in [-0.15, -0.1) is 0 Å². The maximum Gasteiger partial charge on any atom is 0.328 e. The van der Waals surface area contributed by atoms with Gasteiger partial charge in [0.1, 0.15) is 0 Å². The first kappa shape index (κ1) is 14.8. The van der Waals surface area contributed by atoms with Crippen LogP contribution in [0.2, 0.25) is 0 Å². The number of amides is 2. The van der Waals surface area contributed by atoms with Crippen LogP contribution in [0, 0.1) is 0 Å². The summed E-state index contributed by atoms with van der Waals surface area (Å²) in [5, 5.41) is 22.2. The van der Waals surface area contributed by atoms with Crippen LogP contribution < -0.4 is 15.5 Å². The number of benzene rings is 1. The molecule has 4 N–H and O–H groups in total. The van der Waals surface area contributed by atoms with Gasteiger partial charge in [0.05, 0.1) is 6.61 Å². The Kier molecular flexibility index (Phi) is 5.13. The smallest absolute Gasteiger partial charge is 0.328 e. The fourth-order valence-corrected chi connectivity index (χ4v) is 1.37. The predicted octanol–water partition coefficient (Wildman–Crippen LogP) is 0.320. The Hall–Kier alpha value is -2.28. The van der Waals surface area contributed by atoms with Crippen molar-refractivity contribution in [2.24, 2.45) is 0 Å². The topological polar surface area (TPSA) is 102 Å². The van der Waals surface area contributed by atoms with E-state index in [9.17, 15) is 9.59 Å². The normalized spacial score (nSPS) is 11.5. The Morgan fingerprint density at radius 1 is 1.37 bits per heavy atom. The number of nitrogens with one attached hydrogen (secondary N) is 2. The van der Waals surface area contributed by atoms with Crippen LogP contribution in [0.4, 0.5) is 16.2 Å². The number of urea groups is 1. The molecule has 0 heterocycles. The zero-order chi connectivity index (χ0) is 14.4. The Bertz CT molecular complexity index is 462. The highest BCUT2D eigenvalue weighted by atomic mass is 16.4. The molecule has 2 amide bonds. The maximum absolute atomic E-state index is 11.6. The molecule has 19 heavy (non-hydrogen) atoms. The molecule has 1 aromatic carbocycles. The van der Waals surface area contributed by atoms with Crippen LogP contribution in [0.3, 0.4) is 0 Å². The van der Waals surface area contributed by atoms with E-state index in [0.717, 1.165) is 5.69 Å². The first-order chi connectivity index (χ1) is 8.93. The van der Waals surface area contributed by atoms with Crippen molar-refractivity contribution >= 4 is 23.4 Å². The standard InChI is InChI=1S/C12H17N3O4/c1-15(2)9-5-3-4-8(6-9)13-12(19)14-10(7-16)11(17)18/h3-6,10,16H,7H2,1-2H3,(H,17,18)(H2,13,14,19)/t10-/m1/s1. The van der Waals surface area contributed by atoms with E-state index in [1.165, 1.54) is 0 Å². The average Bonchev–Trinajstić information content (AvgIpc) is 2.35. The third-order valence-corrected chi connectivity index (χ3v) is 2.41. The molecule has 1 aromatic rings. The summed E-state index contributed by atoms with van der Waals surface area (Å²) in [5.74, 6) is -1.29. The molecule has 0 saturated carbocycles. The van der Waals surface area contributed by atoms with Crippen molar-refractivity contribution in [1.29, 1.82) is 0 Å². The van der Waals surface area contributed by atoms with Gasteiger partial charge in [0.15, 0.2) is 6.04 Å². The molecule has 7 nitrogen and oxygen atoms in total. The molecule has 0 aliphatic heterocycles. The van der Waals surface area contributed by atoms with E-state index in [1.54, 1.807) is 18.2 Å². The highest BCUT2D eigenvalue weighted by Gasteiger charge is 2.18. The summed E-state index contributed by atoms with van der Waals surface area (Å²) in [6.07, 6.45) is 0. The SMILES string of the molecule is CN(C)c1cccc(NC(=O)N[C@H](CO)C(=O)O)c1. The number of carboxylic acid groups (broad SMARTS) is 1. The molecule has 0 bridgehead atoms. The number of carbonyl (C=O) groups is 2. The van der Waals surface area contributed by atoms with Gasteiger partial charge < -0.3 is 25.7 Å². The molecule has 1 rings (SSSR count). The molecule has 0 aliphatic carbocycles. The number of carboxylic acids is 1. The number of nitrogens with zero attached hydrogens (tertiary/aromatic N) is 1. The van der Waals surface area contributed by atoms with E-state index in [0.29, 0.717) is 5.69 Å². The van der Waals surface area contributed by atoms with E-state index in [2.05, 4.69) is 10.6 Å². The minimum absolute atomic E-state index is 0.533. The van der Waals surface area contributed by atoms with E-state index in [-0.39, 0.29) is 0 Å². The van der Waals surface area contributed by atoms with E-state index in [1.807, 2.05) is 25.1 Å². The fourth-order valence-electron chi connectivity index (χ4n) is 1.37. The highest BCUT2D eigenvalue weighted by Crippen LogP contribution is 2.16. The number of anilines is 2. The van der Waals surface area contributed by atoms with Gasteiger partial charge in [0, 0.05) is 25.5 Å². The van der Waals surface area contributed by atoms with Gasteiger partial charge in [-0.25, -0.2) is 9.59 Å². The molecule has 1 atom stereocenters. The van der Waals surface area contributed by atoms with Crippen molar-refractivity contribution in [2.75, 3.05) is 30.9 Å². The van der Waals surface area contributed by atoms with E-state index in [4.69, 9.17) is 10.2 Å². The lowest BCUT2D eigenvalue weighted by atomic mass is 10.2. The molecule has 0 aliphatic rings. The predicted molar refractivity (Wildman–Crippen MR) is 71.4 cm³/mol. The Labute approximate surface area is 110 Å². The van der Waals surface area contributed by atoms with E-state index < -0.39 is 24.6 Å². The molecule has 7 heteroatoms. The van der Waals surface area contributed by atoms with Gasteiger partial charge in [-0.2, -0.15) is 0 Å². The summed E-state index contributed by atoms with van der Waals surface area (Å²) in [5.41, 5.74) is 1.43. The van der Waals surface area contributed by atoms with Gasteiger partial charge in [-0.3, -0.25) is 0 Å². The van der Waals surface area contributed by atoms with Crippen LogP contribution >= 0.6 is 0 Å². The summed E-state index contributed by atoms with van der Waals surface area (Å²) in [4.78, 5) is 24.1. The monoisotopic (exact) mass is 267 g/mol. The van der Waals surface area contributed by atoms with Crippen LogP contribution in [0.1, 0.15) is 0 Å². The quantitative estimate of drug-likeness (QED) is 0.615. The van der Waals surface area contributed by atoms with Crippen LogP contribution in [-0.4, -0.2) is 49.0 Å². The molecule has 0 fully saturated rings. The molecule has 0 radical (unpaired) electrons. The fraction of sp³-hybridized carbons (Fsp3) is 0.333. The van der Waals surface area contributed by atoms with Crippen LogP contribution in [0.25, 0.3) is 0 Å². The summed E-state index contributed by atoms with van der Waals surface area (Å²) in [7, 11) is 3.73. The van der Waals surface area contributed by atoms with Crippen molar-refractivity contribution in [2.45, 2.75) is 6.04 Å². The zero-order valence-electron chi connectivity index (χ0n) is 10.8. The average molecular weight is 267 g/mol. The summed E-state index contributed by atoms with van der Waals surface area (Å²) < 4.78 is 0. The summed E-state index contributed by atoms with van der Waals surface area (Å²) >= 11 is 0. The first-order valence-electron chi connectivity index (χ1n) is 5.62. The third-order valence-electron chi connectivity index (χ3n) is 2.41. The zero-order valence-corrected chi connectivity index (χ0v) is 10.8. The van der Waals surface area contributed by atoms with Crippen molar-refractivity contribution in [1.82, 2.24) is 5.32 Å². The van der Waals surface area contributed by atoms with Crippen molar-refractivity contribution < 1.29 is 19.8 Å². The molecule has 0 saturated heterocycles.